The highest BCUT2D eigenvalue weighted by Gasteiger charge is 2.09. The van der Waals surface area contributed by atoms with Crippen LogP contribution in [0.3, 0.4) is 0 Å². The van der Waals surface area contributed by atoms with Gasteiger partial charge in [0.15, 0.2) is 11.7 Å². The second-order valence-corrected chi connectivity index (χ2v) is 6.42. The fourth-order valence-electron chi connectivity index (χ4n) is 2.21. The van der Waals surface area contributed by atoms with Gasteiger partial charge in [-0.15, -0.1) is 24.0 Å². The number of aliphatic imine (C=N–C) groups is 1. The van der Waals surface area contributed by atoms with Crippen molar-refractivity contribution in [1.29, 1.82) is 0 Å². The summed E-state index contributed by atoms with van der Waals surface area (Å²) in [4.78, 5) is 4.21. The lowest BCUT2D eigenvalue weighted by Gasteiger charge is -2.17. The molecule has 26 heavy (non-hydrogen) atoms. The van der Waals surface area contributed by atoms with Gasteiger partial charge in [0.05, 0.1) is 18.8 Å². The van der Waals surface area contributed by atoms with Crippen LogP contribution in [0.1, 0.15) is 43.7 Å². The third-order valence-corrected chi connectivity index (χ3v) is 3.74. The summed E-state index contributed by atoms with van der Waals surface area (Å²) in [5, 5.41) is 10.5. The summed E-state index contributed by atoms with van der Waals surface area (Å²) in [6.07, 6.45) is 0.0130. The predicted molar refractivity (Wildman–Crippen MR) is 115 cm³/mol. The zero-order chi connectivity index (χ0) is 18.2. The van der Waals surface area contributed by atoms with Crippen LogP contribution < -0.4 is 15.4 Å². The largest absolute Gasteiger partial charge is 0.489 e. The Morgan fingerprint density at radius 3 is 2.46 bits per heavy atom. The summed E-state index contributed by atoms with van der Waals surface area (Å²) < 4.78 is 11.2. The third kappa shape index (κ3) is 7.23. The molecule has 0 aliphatic rings. The molecule has 1 heterocycles. The van der Waals surface area contributed by atoms with E-state index in [4.69, 9.17) is 9.26 Å². The van der Waals surface area contributed by atoms with E-state index in [0.717, 1.165) is 17.2 Å². The van der Waals surface area contributed by atoms with E-state index in [1.165, 1.54) is 5.56 Å². The maximum Gasteiger partial charge on any atom is 0.191 e. The molecule has 1 unspecified atom stereocenters. The van der Waals surface area contributed by atoms with Crippen molar-refractivity contribution in [2.24, 2.45) is 4.99 Å². The van der Waals surface area contributed by atoms with Crippen LogP contribution in [0.25, 0.3) is 0 Å². The van der Waals surface area contributed by atoms with Gasteiger partial charge >= 0.3 is 0 Å². The molecular weight excluding hydrogens is 443 g/mol. The van der Waals surface area contributed by atoms with Crippen molar-refractivity contribution in [1.82, 2.24) is 15.8 Å². The van der Waals surface area contributed by atoms with Gasteiger partial charge in [-0.3, -0.25) is 4.99 Å². The van der Waals surface area contributed by atoms with Gasteiger partial charge in [0, 0.05) is 13.1 Å². The van der Waals surface area contributed by atoms with Crippen molar-refractivity contribution >= 4 is 29.9 Å². The van der Waals surface area contributed by atoms with Crippen LogP contribution in [-0.2, 0) is 6.54 Å². The Morgan fingerprint density at radius 1 is 1.19 bits per heavy atom. The molecule has 0 spiro atoms. The first-order valence-corrected chi connectivity index (χ1v) is 8.61. The number of guanidine groups is 1. The number of nitrogens with zero attached hydrogens (tertiary/aromatic N) is 2. The van der Waals surface area contributed by atoms with Gasteiger partial charge < -0.3 is 19.9 Å². The van der Waals surface area contributed by atoms with Crippen molar-refractivity contribution in [2.45, 2.75) is 46.3 Å². The van der Waals surface area contributed by atoms with E-state index in [2.05, 4.69) is 41.6 Å². The van der Waals surface area contributed by atoms with E-state index in [0.29, 0.717) is 25.0 Å². The summed E-state index contributed by atoms with van der Waals surface area (Å²) in [5.41, 5.74) is 2.18. The molecule has 144 valence electrons. The number of hydrogen-bond donors (Lipinski definition) is 2. The number of hydrogen-bond acceptors (Lipinski definition) is 4. The Hall–Kier alpha value is -1.77. The van der Waals surface area contributed by atoms with Crippen molar-refractivity contribution in [3.8, 4) is 5.75 Å². The van der Waals surface area contributed by atoms with Crippen LogP contribution in [0, 0.1) is 6.92 Å². The number of nitrogens with one attached hydrogen (secondary N) is 2. The quantitative estimate of drug-likeness (QED) is 0.364. The summed E-state index contributed by atoms with van der Waals surface area (Å²) in [5.74, 6) is 2.71. The highest BCUT2D eigenvalue weighted by Crippen LogP contribution is 2.14. The number of ether oxygens (including phenoxy) is 1. The van der Waals surface area contributed by atoms with Gasteiger partial charge in [0.2, 0.25) is 0 Å². The Kier molecular flexibility index (Phi) is 9.47. The van der Waals surface area contributed by atoms with Gasteiger partial charge in [-0.25, -0.2) is 0 Å². The minimum Gasteiger partial charge on any atom is -0.489 e. The molecule has 2 N–H and O–H groups in total. The Balaban J connectivity index is 0.00000338. The molecule has 0 aliphatic carbocycles. The van der Waals surface area contributed by atoms with Crippen molar-refractivity contribution in [2.75, 3.05) is 13.6 Å². The normalized spacial score (nSPS) is 12.5. The second-order valence-electron chi connectivity index (χ2n) is 6.42. The van der Waals surface area contributed by atoms with Gasteiger partial charge in [-0.05, 0) is 31.9 Å². The molecule has 0 aliphatic heterocycles. The first-order valence-electron chi connectivity index (χ1n) is 8.61. The van der Waals surface area contributed by atoms with Crippen LogP contribution in [0.15, 0.2) is 39.8 Å². The first-order chi connectivity index (χ1) is 12.0. The van der Waals surface area contributed by atoms with Gasteiger partial charge in [-0.2, -0.15) is 0 Å². The highest BCUT2D eigenvalue weighted by atomic mass is 127. The van der Waals surface area contributed by atoms with Gasteiger partial charge in [0.1, 0.15) is 11.9 Å². The topological polar surface area (TPSA) is 71.7 Å². The first kappa shape index (κ1) is 22.3. The number of benzene rings is 1. The average molecular weight is 472 g/mol. The van der Waals surface area contributed by atoms with Crippen LogP contribution >= 0.6 is 24.0 Å². The van der Waals surface area contributed by atoms with Gasteiger partial charge in [-0.1, -0.05) is 36.7 Å². The molecule has 2 aromatic rings. The zero-order valence-corrected chi connectivity index (χ0v) is 18.4. The molecule has 2 rings (SSSR count). The highest BCUT2D eigenvalue weighted by molar-refractivity contribution is 14.0. The SMILES string of the molecule is CN=C(NCc1cc(C(C)C)no1)NCC(C)Oc1ccc(C)cc1.I. The van der Waals surface area contributed by atoms with Gasteiger partial charge in [0.25, 0.3) is 0 Å². The number of rotatable bonds is 7. The molecule has 0 saturated carbocycles. The molecule has 0 radical (unpaired) electrons. The summed E-state index contributed by atoms with van der Waals surface area (Å²) in [6, 6.07) is 10.0. The minimum absolute atomic E-state index is 0. The Bertz CT molecular complexity index is 683. The van der Waals surface area contributed by atoms with E-state index < -0.39 is 0 Å². The molecule has 0 fully saturated rings. The lowest BCUT2D eigenvalue weighted by Crippen LogP contribution is -2.41. The second kappa shape index (κ2) is 11.1. The van der Waals surface area contributed by atoms with E-state index in [1.807, 2.05) is 37.3 Å². The predicted octanol–water partition coefficient (Wildman–Crippen LogP) is 3.86. The number of aryl methyl sites for hydroxylation is 1. The lowest BCUT2D eigenvalue weighted by atomic mass is 10.1. The monoisotopic (exact) mass is 472 g/mol. The smallest absolute Gasteiger partial charge is 0.191 e. The standard InChI is InChI=1S/C19H28N4O2.HI/c1-13(2)18-10-17(25-23-18)12-22-19(20-5)21-11-15(4)24-16-8-6-14(3)7-9-16;/h6-10,13,15H,11-12H2,1-5H3,(H2,20,21,22);1H. The summed E-state index contributed by atoms with van der Waals surface area (Å²) >= 11 is 0. The van der Waals surface area contributed by atoms with Crippen LogP contribution in [0.5, 0.6) is 5.75 Å². The maximum atomic E-state index is 5.88. The molecule has 1 aromatic heterocycles. The number of halogens is 1. The molecular formula is C19H29IN4O2. The molecule has 1 atom stereocenters. The van der Waals surface area contributed by atoms with E-state index in [9.17, 15) is 0 Å². The van der Waals surface area contributed by atoms with Crippen molar-refractivity contribution in [3.63, 3.8) is 0 Å². The maximum absolute atomic E-state index is 5.88. The van der Waals surface area contributed by atoms with E-state index >= 15 is 0 Å². The number of aromatic nitrogens is 1. The minimum atomic E-state index is 0. The molecule has 0 amide bonds. The molecule has 7 heteroatoms. The fraction of sp³-hybridized carbons (Fsp3) is 0.474. The zero-order valence-electron chi connectivity index (χ0n) is 16.1. The summed E-state index contributed by atoms with van der Waals surface area (Å²) in [6.45, 7) is 9.43. The van der Waals surface area contributed by atoms with Crippen molar-refractivity contribution < 1.29 is 9.26 Å². The van der Waals surface area contributed by atoms with E-state index in [-0.39, 0.29) is 30.1 Å². The Labute approximate surface area is 172 Å². The lowest BCUT2D eigenvalue weighted by molar-refractivity contribution is 0.223. The molecule has 0 bridgehead atoms. The van der Waals surface area contributed by atoms with E-state index in [1.54, 1.807) is 7.05 Å². The third-order valence-electron chi connectivity index (χ3n) is 3.74. The van der Waals surface area contributed by atoms with Crippen LogP contribution in [0.4, 0.5) is 0 Å². The van der Waals surface area contributed by atoms with Crippen LogP contribution in [-0.4, -0.2) is 30.8 Å². The van der Waals surface area contributed by atoms with Crippen molar-refractivity contribution in [3.05, 3.63) is 47.3 Å². The molecule has 1 aromatic carbocycles. The average Bonchev–Trinajstić information content (AvgIpc) is 3.06. The Morgan fingerprint density at radius 2 is 1.88 bits per heavy atom. The summed E-state index contributed by atoms with van der Waals surface area (Å²) in [7, 11) is 1.74. The molecule has 0 saturated heterocycles. The van der Waals surface area contributed by atoms with Crippen LogP contribution in [0.2, 0.25) is 0 Å². The molecule has 6 nitrogen and oxygen atoms in total. The fourth-order valence-corrected chi connectivity index (χ4v) is 2.21.